The monoisotopic (exact) mass is 283 g/mol. The van der Waals surface area contributed by atoms with Gasteiger partial charge in [0.1, 0.15) is 11.6 Å². The van der Waals surface area contributed by atoms with Gasteiger partial charge in [-0.25, -0.2) is 8.78 Å². The maximum Gasteiger partial charge on any atom is 0.254 e. The highest BCUT2D eigenvalue weighted by atomic mass is 19.1. The Bertz CT molecular complexity index is 488. The number of rotatable bonds is 4. The zero-order valence-corrected chi connectivity index (χ0v) is 11.5. The summed E-state index contributed by atoms with van der Waals surface area (Å²) in [7, 11) is 0. The molecule has 0 atom stereocenters. The number of hydrogen-bond acceptors (Lipinski definition) is 3. The zero-order chi connectivity index (χ0) is 14.5. The molecule has 1 saturated heterocycles. The maximum atomic E-state index is 13.5. The molecule has 0 aliphatic carbocycles. The lowest BCUT2D eigenvalue weighted by Crippen LogP contribution is -2.46. The van der Waals surface area contributed by atoms with Gasteiger partial charge in [-0.3, -0.25) is 9.69 Å². The number of benzene rings is 1. The molecule has 2 N–H and O–H groups in total. The third kappa shape index (κ3) is 3.74. The topological polar surface area (TPSA) is 44.4 Å². The van der Waals surface area contributed by atoms with Crippen LogP contribution in [0.25, 0.3) is 0 Å². The van der Waals surface area contributed by atoms with Gasteiger partial charge in [-0.2, -0.15) is 0 Å². The number of nitrogens with zero attached hydrogens (tertiary/aromatic N) is 1. The number of halogens is 2. The summed E-state index contributed by atoms with van der Waals surface area (Å²) in [5.41, 5.74) is 0.155. The van der Waals surface area contributed by atoms with E-state index in [1.165, 1.54) is 13.0 Å². The Hall–Kier alpha value is -1.53. The van der Waals surface area contributed by atoms with Crippen molar-refractivity contribution in [3.63, 3.8) is 0 Å². The minimum Gasteiger partial charge on any atom is -0.351 e. The molecule has 110 valence electrons. The highest BCUT2D eigenvalue weighted by Crippen LogP contribution is 2.13. The largest absolute Gasteiger partial charge is 0.351 e. The lowest BCUT2D eigenvalue weighted by Gasteiger charge is -2.27. The summed E-state index contributed by atoms with van der Waals surface area (Å²) < 4.78 is 26.7. The maximum absolute atomic E-state index is 13.5. The second kappa shape index (κ2) is 6.76. The van der Waals surface area contributed by atoms with Gasteiger partial charge < -0.3 is 10.6 Å². The standard InChI is InChI=1S/C14H19F2N3O/c1-10-8-11(13(16)9-12(10)15)14(20)18-4-7-19-5-2-17-3-6-19/h8-9,17H,2-7H2,1H3,(H,18,20). The van der Waals surface area contributed by atoms with E-state index in [0.29, 0.717) is 6.54 Å². The predicted molar refractivity (Wildman–Crippen MR) is 72.7 cm³/mol. The molecular formula is C14H19F2N3O. The number of nitrogens with one attached hydrogen (secondary N) is 2. The molecule has 1 amide bonds. The molecule has 0 saturated carbocycles. The third-order valence-electron chi connectivity index (χ3n) is 3.42. The Balaban J connectivity index is 1.87. The van der Waals surface area contributed by atoms with E-state index < -0.39 is 17.5 Å². The highest BCUT2D eigenvalue weighted by Gasteiger charge is 2.15. The van der Waals surface area contributed by atoms with Crippen molar-refractivity contribution in [1.29, 1.82) is 0 Å². The van der Waals surface area contributed by atoms with Gasteiger partial charge in [0.25, 0.3) is 5.91 Å². The van der Waals surface area contributed by atoms with Crippen LogP contribution in [0.1, 0.15) is 15.9 Å². The molecule has 1 fully saturated rings. The van der Waals surface area contributed by atoms with E-state index in [1.807, 2.05) is 0 Å². The molecular weight excluding hydrogens is 264 g/mol. The molecule has 0 unspecified atom stereocenters. The fourth-order valence-corrected chi connectivity index (χ4v) is 2.19. The Kier molecular flexibility index (Phi) is 5.03. The van der Waals surface area contributed by atoms with Crippen LogP contribution in [0.15, 0.2) is 12.1 Å². The second-order valence-electron chi connectivity index (χ2n) is 4.93. The van der Waals surface area contributed by atoms with Crippen molar-refractivity contribution in [2.45, 2.75) is 6.92 Å². The van der Waals surface area contributed by atoms with Crippen LogP contribution in [0.4, 0.5) is 8.78 Å². The number of carbonyl (C=O) groups is 1. The summed E-state index contributed by atoms with van der Waals surface area (Å²) in [5, 5.41) is 5.91. The highest BCUT2D eigenvalue weighted by molar-refractivity contribution is 5.94. The Labute approximate surface area is 117 Å². The van der Waals surface area contributed by atoms with Crippen LogP contribution in [0.5, 0.6) is 0 Å². The van der Waals surface area contributed by atoms with Gasteiger partial charge in [-0.05, 0) is 18.6 Å². The number of carbonyl (C=O) groups excluding carboxylic acids is 1. The van der Waals surface area contributed by atoms with Crippen LogP contribution in [0, 0.1) is 18.6 Å². The van der Waals surface area contributed by atoms with Gasteiger partial charge in [0, 0.05) is 45.3 Å². The summed E-state index contributed by atoms with van der Waals surface area (Å²) in [6.07, 6.45) is 0. The summed E-state index contributed by atoms with van der Waals surface area (Å²) in [6.45, 7) is 6.47. The second-order valence-corrected chi connectivity index (χ2v) is 4.93. The summed E-state index contributed by atoms with van der Waals surface area (Å²) in [4.78, 5) is 14.1. The fourth-order valence-electron chi connectivity index (χ4n) is 2.19. The van der Waals surface area contributed by atoms with E-state index in [4.69, 9.17) is 0 Å². The van der Waals surface area contributed by atoms with Crippen molar-refractivity contribution in [3.8, 4) is 0 Å². The SMILES string of the molecule is Cc1cc(C(=O)NCCN2CCNCC2)c(F)cc1F. The van der Waals surface area contributed by atoms with E-state index in [2.05, 4.69) is 15.5 Å². The van der Waals surface area contributed by atoms with E-state index in [0.717, 1.165) is 38.8 Å². The third-order valence-corrected chi connectivity index (χ3v) is 3.42. The van der Waals surface area contributed by atoms with Crippen LogP contribution in [0.3, 0.4) is 0 Å². The molecule has 4 nitrogen and oxygen atoms in total. The Morgan fingerprint density at radius 3 is 2.70 bits per heavy atom. The van der Waals surface area contributed by atoms with Crippen LogP contribution in [-0.4, -0.2) is 50.1 Å². The van der Waals surface area contributed by atoms with Gasteiger partial charge in [0.15, 0.2) is 0 Å². The van der Waals surface area contributed by atoms with E-state index in [1.54, 1.807) is 0 Å². The molecule has 0 radical (unpaired) electrons. The molecule has 0 spiro atoms. The Morgan fingerprint density at radius 2 is 2.00 bits per heavy atom. The number of hydrogen-bond donors (Lipinski definition) is 2. The average molecular weight is 283 g/mol. The van der Waals surface area contributed by atoms with Crippen molar-refractivity contribution < 1.29 is 13.6 Å². The number of piperazine rings is 1. The first kappa shape index (κ1) is 14.9. The van der Waals surface area contributed by atoms with Crippen LogP contribution in [-0.2, 0) is 0 Å². The molecule has 20 heavy (non-hydrogen) atoms. The lowest BCUT2D eigenvalue weighted by molar-refractivity contribution is 0.0943. The molecule has 1 aromatic carbocycles. The van der Waals surface area contributed by atoms with Crippen LogP contribution >= 0.6 is 0 Å². The van der Waals surface area contributed by atoms with Crippen molar-refractivity contribution in [1.82, 2.24) is 15.5 Å². The normalized spacial score (nSPS) is 16.1. The lowest BCUT2D eigenvalue weighted by atomic mass is 10.1. The first-order chi connectivity index (χ1) is 9.58. The Morgan fingerprint density at radius 1 is 1.30 bits per heavy atom. The van der Waals surface area contributed by atoms with Gasteiger partial charge in [0.05, 0.1) is 5.56 Å². The van der Waals surface area contributed by atoms with Gasteiger partial charge in [0.2, 0.25) is 0 Å². The van der Waals surface area contributed by atoms with E-state index in [9.17, 15) is 13.6 Å². The molecule has 6 heteroatoms. The summed E-state index contributed by atoms with van der Waals surface area (Å²) >= 11 is 0. The van der Waals surface area contributed by atoms with Gasteiger partial charge in [-0.15, -0.1) is 0 Å². The molecule has 0 aromatic heterocycles. The zero-order valence-electron chi connectivity index (χ0n) is 11.5. The van der Waals surface area contributed by atoms with E-state index in [-0.39, 0.29) is 11.1 Å². The molecule has 1 aliphatic rings. The molecule has 2 rings (SSSR count). The fraction of sp³-hybridized carbons (Fsp3) is 0.500. The van der Waals surface area contributed by atoms with Crippen molar-refractivity contribution >= 4 is 5.91 Å². The average Bonchev–Trinajstić information content (AvgIpc) is 2.44. The molecule has 1 aliphatic heterocycles. The first-order valence-corrected chi connectivity index (χ1v) is 6.75. The van der Waals surface area contributed by atoms with Gasteiger partial charge >= 0.3 is 0 Å². The number of amides is 1. The predicted octanol–water partition coefficient (Wildman–Crippen LogP) is 0.908. The minimum atomic E-state index is -0.826. The summed E-state index contributed by atoms with van der Waals surface area (Å²) in [6, 6.07) is 1.99. The van der Waals surface area contributed by atoms with Crippen molar-refractivity contribution in [2.24, 2.45) is 0 Å². The minimum absolute atomic E-state index is 0.107. The molecule has 1 heterocycles. The summed E-state index contributed by atoms with van der Waals surface area (Å²) in [5.74, 6) is -1.96. The first-order valence-electron chi connectivity index (χ1n) is 6.75. The van der Waals surface area contributed by atoms with Crippen molar-refractivity contribution in [2.75, 3.05) is 39.3 Å². The number of aryl methyl sites for hydroxylation is 1. The molecule has 0 bridgehead atoms. The van der Waals surface area contributed by atoms with Gasteiger partial charge in [-0.1, -0.05) is 0 Å². The quantitative estimate of drug-likeness (QED) is 0.863. The molecule has 1 aromatic rings. The van der Waals surface area contributed by atoms with Crippen LogP contribution < -0.4 is 10.6 Å². The van der Waals surface area contributed by atoms with Crippen molar-refractivity contribution in [3.05, 3.63) is 34.9 Å². The van der Waals surface area contributed by atoms with E-state index >= 15 is 0 Å². The van der Waals surface area contributed by atoms with Crippen LogP contribution in [0.2, 0.25) is 0 Å². The smallest absolute Gasteiger partial charge is 0.254 e.